The number of esters is 1. The molecule has 0 saturated heterocycles. The number of aliphatic hydroxyl groups is 1. The molecule has 0 aliphatic carbocycles. The summed E-state index contributed by atoms with van der Waals surface area (Å²) in [6.07, 6.45) is -0.334. The van der Waals surface area contributed by atoms with Gasteiger partial charge in [0.2, 0.25) is 0 Å². The van der Waals surface area contributed by atoms with Gasteiger partial charge in [-0.05, 0) is 32.4 Å². The molecule has 5 nitrogen and oxygen atoms in total. The molecule has 1 aromatic carbocycles. The van der Waals surface area contributed by atoms with Crippen molar-refractivity contribution >= 4 is 5.97 Å². The molecule has 0 saturated carbocycles. The second kappa shape index (κ2) is 7.87. The lowest BCUT2D eigenvalue weighted by Crippen LogP contribution is -2.29. The van der Waals surface area contributed by atoms with Gasteiger partial charge in [0, 0.05) is 18.0 Å². The number of aryl methyl sites for hydroxylation is 1. The standard InChI is InChI=1S/C15H23NO4/c1-4-20-13-7-5-10(2)9-11(13)15(18)12(16)6-8-14(17)19-3/h5,7,9,12,15,18H,4,6,8,16H2,1-3H3. The number of methoxy groups -OCH3 is 1. The molecule has 0 amide bonds. The normalized spacial score (nSPS) is 13.7. The monoisotopic (exact) mass is 281 g/mol. The van der Waals surface area contributed by atoms with E-state index in [1.165, 1.54) is 7.11 Å². The van der Waals surface area contributed by atoms with Crippen LogP contribution in [0.5, 0.6) is 5.75 Å². The van der Waals surface area contributed by atoms with Crippen LogP contribution in [0.25, 0.3) is 0 Å². The first-order chi connectivity index (χ1) is 9.49. The number of aliphatic hydroxyl groups excluding tert-OH is 1. The Bertz CT molecular complexity index is 447. The van der Waals surface area contributed by atoms with E-state index in [1.807, 2.05) is 32.0 Å². The van der Waals surface area contributed by atoms with Gasteiger partial charge in [-0.25, -0.2) is 0 Å². The Balaban J connectivity index is 2.81. The summed E-state index contributed by atoms with van der Waals surface area (Å²) in [5, 5.41) is 10.3. The van der Waals surface area contributed by atoms with Crippen LogP contribution in [0, 0.1) is 6.92 Å². The minimum Gasteiger partial charge on any atom is -0.493 e. The highest BCUT2D eigenvalue weighted by Crippen LogP contribution is 2.29. The van der Waals surface area contributed by atoms with Gasteiger partial charge in [-0.3, -0.25) is 4.79 Å². The number of ether oxygens (including phenoxy) is 2. The zero-order chi connectivity index (χ0) is 15.1. The van der Waals surface area contributed by atoms with Crippen LogP contribution in [0.1, 0.15) is 37.0 Å². The van der Waals surface area contributed by atoms with Crippen molar-refractivity contribution in [3.63, 3.8) is 0 Å². The summed E-state index contributed by atoms with van der Waals surface area (Å²) < 4.78 is 10.1. The van der Waals surface area contributed by atoms with Crippen molar-refractivity contribution in [2.24, 2.45) is 5.73 Å². The van der Waals surface area contributed by atoms with Crippen molar-refractivity contribution in [3.05, 3.63) is 29.3 Å². The van der Waals surface area contributed by atoms with Crippen LogP contribution in [0.3, 0.4) is 0 Å². The quantitative estimate of drug-likeness (QED) is 0.743. The fourth-order valence-electron chi connectivity index (χ4n) is 1.96. The molecule has 2 atom stereocenters. The lowest BCUT2D eigenvalue weighted by Gasteiger charge is -2.21. The predicted molar refractivity (Wildman–Crippen MR) is 76.5 cm³/mol. The van der Waals surface area contributed by atoms with E-state index in [0.717, 1.165) is 5.56 Å². The minimum atomic E-state index is -0.874. The summed E-state index contributed by atoms with van der Waals surface area (Å²) in [5.74, 6) is 0.293. The Morgan fingerprint density at radius 2 is 2.15 bits per heavy atom. The largest absolute Gasteiger partial charge is 0.493 e. The van der Waals surface area contributed by atoms with Crippen LogP contribution in [-0.2, 0) is 9.53 Å². The maximum atomic E-state index is 11.1. The van der Waals surface area contributed by atoms with E-state index in [9.17, 15) is 9.90 Å². The van der Waals surface area contributed by atoms with Crippen LogP contribution >= 0.6 is 0 Å². The summed E-state index contributed by atoms with van der Waals surface area (Å²) in [7, 11) is 1.33. The predicted octanol–water partition coefficient (Wildman–Crippen LogP) is 1.71. The molecule has 0 aliphatic heterocycles. The summed E-state index contributed by atoms with van der Waals surface area (Å²) in [4.78, 5) is 11.1. The van der Waals surface area contributed by atoms with E-state index < -0.39 is 12.1 Å². The lowest BCUT2D eigenvalue weighted by molar-refractivity contribution is -0.140. The Morgan fingerprint density at radius 3 is 2.75 bits per heavy atom. The van der Waals surface area contributed by atoms with Crippen molar-refractivity contribution in [1.82, 2.24) is 0 Å². The van der Waals surface area contributed by atoms with Crippen LogP contribution in [0.15, 0.2) is 18.2 Å². The second-order valence-electron chi connectivity index (χ2n) is 4.70. The highest BCUT2D eigenvalue weighted by atomic mass is 16.5. The highest BCUT2D eigenvalue weighted by molar-refractivity contribution is 5.69. The average molecular weight is 281 g/mol. The van der Waals surface area contributed by atoms with E-state index in [2.05, 4.69) is 4.74 Å². The zero-order valence-corrected chi connectivity index (χ0v) is 12.3. The molecule has 0 spiro atoms. The second-order valence-corrected chi connectivity index (χ2v) is 4.70. The number of nitrogens with two attached hydrogens (primary N) is 1. The SMILES string of the molecule is CCOc1ccc(C)cc1C(O)C(N)CCC(=O)OC. The summed E-state index contributed by atoms with van der Waals surface area (Å²) in [6.45, 7) is 4.33. The maximum absolute atomic E-state index is 11.1. The molecule has 0 fully saturated rings. The molecule has 1 rings (SSSR count). The van der Waals surface area contributed by atoms with E-state index in [4.69, 9.17) is 10.5 Å². The number of hydrogen-bond acceptors (Lipinski definition) is 5. The van der Waals surface area contributed by atoms with Gasteiger partial charge in [0.05, 0.1) is 19.8 Å². The smallest absolute Gasteiger partial charge is 0.305 e. The van der Waals surface area contributed by atoms with E-state index >= 15 is 0 Å². The number of carbonyl (C=O) groups excluding carboxylic acids is 1. The molecular weight excluding hydrogens is 258 g/mol. The number of rotatable bonds is 7. The molecule has 0 heterocycles. The first-order valence-corrected chi connectivity index (χ1v) is 6.73. The van der Waals surface area contributed by atoms with Crippen molar-refractivity contribution in [1.29, 1.82) is 0 Å². The lowest BCUT2D eigenvalue weighted by atomic mass is 9.97. The molecule has 0 bridgehead atoms. The van der Waals surface area contributed by atoms with E-state index in [1.54, 1.807) is 0 Å². The fourth-order valence-corrected chi connectivity index (χ4v) is 1.96. The molecule has 0 aromatic heterocycles. The molecule has 2 unspecified atom stereocenters. The van der Waals surface area contributed by atoms with Crippen LogP contribution in [-0.4, -0.2) is 30.8 Å². The molecular formula is C15H23NO4. The molecule has 5 heteroatoms. The first kappa shape index (κ1) is 16.5. The van der Waals surface area contributed by atoms with Crippen LogP contribution < -0.4 is 10.5 Å². The van der Waals surface area contributed by atoms with E-state index in [-0.39, 0.29) is 12.4 Å². The third kappa shape index (κ3) is 4.51. The number of hydrogen-bond donors (Lipinski definition) is 2. The van der Waals surface area contributed by atoms with Crippen LogP contribution in [0.4, 0.5) is 0 Å². The molecule has 0 aliphatic rings. The molecule has 112 valence electrons. The van der Waals surface area contributed by atoms with Gasteiger partial charge in [-0.1, -0.05) is 11.6 Å². The van der Waals surface area contributed by atoms with E-state index in [0.29, 0.717) is 24.3 Å². The van der Waals surface area contributed by atoms with Crippen molar-refractivity contribution in [3.8, 4) is 5.75 Å². The maximum Gasteiger partial charge on any atom is 0.305 e. The minimum absolute atomic E-state index is 0.185. The zero-order valence-electron chi connectivity index (χ0n) is 12.3. The Morgan fingerprint density at radius 1 is 1.45 bits per heavy atom. The average Bonchev–Trinajstić information content (AvgIpc) is 2.45. The topological polar surface area (TPSA) is 81.8 Å². The molecule has 1 aromatic rings. The fraction of sp³-hybridized carbons (Fsp3) is 0.533. The third-order valence-electron chi connectivity index (χ3n) is 3.10. The molecule has 20 heavy (non-hydrogen) atoms. The third-order valence-corrected chi connectivity index (χ3v) is 3.10. The first-order valence-electron chi connectivity index (χ1n) is 6.73. The van der Waals surface area contributed by atoms with Gasteiger partial charge in [0.1, 0.15) is 5.75 Å². The van der Waals surface area contributed by atoms with Gasteiger partial charge in [-0.15, -0.1) is 0 Å². The Labute approximate surface area is 119 Å². The Kier molecular flexibility index (Phi) is 6.48. The molecule has 0 radical (unpaired) electrons. The highest BCUT2D eigenvalue weighted by Gasteiger charge is 2.21. The van der Waals surface area contributed by atoms with Crippen LogP contribution in [0.2, 0.25) is 0 Å². The Hall–Kier alpha value is -1.59. The van der Waals surface area contributed by atoms with Gasteiger partial charge < -0.3 is 20.3 Å². The molecule has 3 N–H and O–H groups in total. The summed E-state index contributed by atoms with van der Waals surface area (Å²) in [6, 6.07) is 5.05. The van der Waals surface area contributed by atoms with Gasteiger partial charge in [-0.2, -0.15) is 0 Å². The number of carbonyl (C=O) groups is 1. The van der Waals surface area contributed by atoms with Gasteiger partial charge in [0.25, 0.3) is 0 Å². The number of benzene rings is 1. The van der Waals surface area contributed by atoms with Crippen molar-refractivity contribution < 1.29 is 19.4 Å². The summed E-state index contributed by atoms with van der Waals surface area (Å²) >= 11 is 0. The van der Waals surface area contributed by atoms with Gasteiger partial charge >= 0.3 is 5.97 Å². The van der Waals surface area contributed by atoms with Gasteiger partial charge in [0.15, 0.2) is 0 Å². The van der Waals surface area contributed by atoms with Crippen molar-refractivity contribution in [2.75, 3.05) is 13.7 Å². The van der Waals surface area contributed by atoms with Crippen molar-refractivity contribution in [2.45, 2.75) is 38.8 Å². The summed E-state index contributed by atoms with van der Waals surface area (Å²) in [5.41, 5.74) is 7.63.